The molecule has 9 heteroatoms. The van der Waals surface area contributed by atoms with Crippen LogP contribution in [0.5, 0.6) is 0 Å². The molecule has 0 aliphatic rings. The second kappa shape index (κ2) is 45.4. The number of aliphatic hydroxyl groups is 1. The molecule has 370 valence electrons. The molecule has 0 aromatic heterocycles. The van der Waals surface area contributed by atoms with Crippen molar-refractivity contribution in [3.8, 4) is 0 Å². The maximum Gasteiger partial charge on any atom is 0.472 e. The Bertz CT molecular complexity index is 1020. The molecule has 0 saturated heterocycles. The maximum absolute atomic E-state index is 12.9. The number of likely N-dealkylation sites (N-methyl/N-ethyl adjacent to an activating group) is 1. The third-order valence-corrected chi connectivity index (χ3v) is 13.5. The van der Waals surface area contributed by atoms with Gasteiger partial charge in [0.2, 0.25) is 5.91 Å². The van der Waals surface area contributed by atoms with Crippen molar-refractivity contribution >= 4 is 13.7 Å². The Morgan fingerprint density at radius 2 is 0.855 bits per heavy atom. The predicted octanol–water partition coefficient (Wildman–Crippen LogP) is 15.9. The summed E-state index contributed by atoms with van der Waals surface area (Å²) in [6.07, 6.45) is 54.5. The normalized spacial score (nSPS) is 14.1. The highest BCUT2D eigenvalue weighted by molar-refractivity contribution is 7.47. The van der Waals surface area contributed by atoms with Gasteiger partial charge in [-0.05, 0) is 19.3 Å². The van der Waals surface area contributed by atoms with Crippen LogP contribution in [0.25, 0.3) is 0 Å². The molecule has 0 fully saturated rings. The molecule has 0 spiro atoms. The fraction of sp³-hybridized carbons (Fsp3) is 0.943. The summed E-state index contributed by atoms with van der Waals surface area (Å²) >= 11 is 0. The summed E-state index contributed by atoms with van der Waals surface area (Å²) in [5.74, 6) is -0.171. The summed E-state index contributed by atoms with van der Waals surface area (Å²) in [6, 6.07) is -0.841. The third-order valence-electron chi connectivity index (χ3n) is 12.5. The van der Waals surface area contributed by atoms with E-state index in [4.69, 9.17) is 9.05 Å². The summed E-state index contributed by atoms with van der Waals surface area (Å²) in [4.78, 5) is 23.2. The first-order valence-electron chi connectivity index (χ1n) is 27.1. The standard InChI is InChI=1S/C53H107N2O6P/c1-6-8-10-12-14-16-18-20-22-23-24-25-26-27-28-29-30-31-32-33-35-37-39-41-43-45-47-53(57)54-51(50-61-62(58,59)60-49-48-55(3,4)5)52(56)46-44-42-40-38-36-34-21-19-17-15-13-11-9-7-2/h44,46,51-52,56H,6-43,45,47-50H2,1-5H3,(H-,54,57,58,59)/p+1/b46-44+. The van der Waals surface area contributed by atoms with Crippen molar-refractivity contribution in [2.75, 3.05) is 40.9 Å². The Balaban J connectivity index is 4.12. The van der Waals surface area contributed by atoms with E-state index < -0.39 is 20.0 Å². The minimum absolute atomic E-state index is 0.0649. The maximum atomic E-state index is 12.9. The molecule has 3 atom stereocenters. The Hall–Kier alpha value is -0.760. The number of rotatable bonds is 50. The molecule has 0 radical (unpaired) electrons. The number of carbonyl (C=O) groups is 1. The number of phosphoric acid groups is 1. The van der Waals surface area contributed by atoms with Crippen LogP contribution >= 0.6 is 7.82 Å². The van der Waals surface area contributed by atoms with Gasteiger partial charge < -0.3 is 19.8 Å². The van der Waals surface area contributed by atoms with Crippen molar-refractivity contribution in [1.29, 1.82) is 0 Å². The highest BCUT2D eigenvalue weighted by Gasteiger charge is 2.27. The van der Waals surface area contributed by atoms with Gasteiger partial charge in [0, 0.05) is 6.42 Å². The zero-order chi connectivity index (χ0) is 45.7. The molecule has 0 aliphatic heterocycles. The molecule has 1 amide bonds. The number of hydrogen-bond donors (Lipinski definition) is 3. The quantitative estimate of drug-likeness (QED) is 0.0243. The molecule has 0 aromatic rings. The van der Waals surface area contributed by atoms with E-state index in [0.717, 1.165) is 38.5 Å². The van der Waals surface area contributed by atoms with Crippen LogP contribution in [0.15, 0.2) is 12.2 Å². The van der Waals surface area contributed by atoms with Gasteiger partial charge in [0.05, 0.1) is 39.9 Å². The van der Waals surface area contributed by atoms with E-state index in [2.05, 4.69) is 19.2 Å². The number of phosphoric ester groups is 1. The Kier molecular flexibility index (Phi) is 44.8. The fourth-order valence-corrected chi connectivity index (χ4v) is 8.96. The number of nitrogens with zero attached hydrogens (tertiary/aromatic N) is 1. The van der Waals surface area contributed by atoms with E-state index in [1.165, 1.54) is 212 Å². The first-order valence-corrected chi connectivity index (χ1v) is 28.6. The van der Waals surface area contributed by atoms with Crippen molar-refractivity contribution in [2.45, 2.75) is 283 Å². The van der Waals surface area contributed by atoms with Gasteiger partial charge in [-0.25, -0.2) is 4.57 Å². The minimum atomic E-state index is -4.34. The van der Waals surface area contributed by atoms with Gasteiger partial charge in [-0.1, -0.05) is 257 Å². The van der Waals surface area contributed by atoms with Gasteiger partial charge >= 0.3 is 7.82 Å². The van der Waals surface area contributed by atoms with E-state index in [9.17, 15) is 19.4 Å². The van der Waals surface area contributed by atoms with Crippen LogP contribution in [0.3, 0.4) is 0 Å². The van der Waals surface area contributed by atoms with Gasteiger partial charge in [0.1, 0.15) is 13.2 Å². The van der Waals surface area contributed by atoms with Crippen molar-refractivity contribution < 1.29 is 32.9 Å². The number of amides is 1. The lowest BCUT2D eigenvalue weighted by Gasteiger charge is -2.25. The average Bonchev–Trinajstić information content (AvgIpc) is 3.23. The van der Waals surface area contributed by atoms with Crippen molar-refractivity contribution in [3.63, 3.8) is 0 Å². The Labute approximate surface area is 386 Å². The highest BCUT2D eigenvalue weighted by Crippen LogP contribution is 2.43. The van der Waals surface area contributed by atoms with E-state index in [1.807, 2.05) is 27.2 Å². The smallest absolute Gasteiger partial charge is 0.387 e. The van der Waals surface area contributed by atoms with Gasteiger partial charge in [-0.2, -0.15) is 0 Å². The van der Waals surface area contributed by atoms with Crippen molar-refractivity contribution in [1.82, 2.24) is 5.32 Å². The third kappa shape index (κ3) is 47.2. The zero-order valence-corrected chi connectivity index (χ0v) is 43.0. The van der Waals surface area contributed by atoms with Crippen LogP contribution in [-0.4, -0.2) is 73.4 Å². The minimum Gasteiger partial charge on any atom is -0.387 e. The van der Waals surface area contributed by atoms with Gasteiger partial charge in [0.25, 0.3) is 0 Å². The average molecular weight is 900 g/mol. The van der Waals surface area contributed by atoms with Gasteiger partial charge in [-0.15, -0.1) is 0 Å². The molecule has 62 heavy (non-hydrogen) atoms. The number of nitrogens with one attached hydrogen (secondary N) is 1. The van der Waals surface area contributed by atoms with E-state index in [1.54, 1.807) is 6.08 Å². The number of allylic oxidation sites excluding steroid dienone is 1. The van der Waals surface area contributed by atoms with Gasteiger partial charge in [-0.3, -0.25) is 13.8 Å². The molecule has 0 aliphatic carbocycles. The molecule has 3 N–H and O–H groups in total. The number of unbranched alkanes of at least 4 members (excludes halogenated alkanes) is 37. The Morgan fingerprint density at radius 3 is 1.19 bits per heavy atom. The summed E-state index contributed by atoms with van der Waals surface area (Å²) < 4.78 is 23.6. The monoisotopic (exact) mass is 900 g/mol. The van der Waals surface area contributed by atoms with E-state index >= 15 is 0 Å². The SMILES string of the molecule is CCCCCCCCCCCCCC/C=C/C(O)C(COP(=O)(O)OCC[N+](C)(C)C)NC(=O)CCCCCCCCCCCCCCCCCCCCCCCCCCCC. The largest absolute Gasteiger partial charge is 0.472 e. The summed E-state index contributed by atoms with van der Waals surface area (Å²) in [5, 5.41) is 13.9. The van der Waals surface area contributed by atoms with Gasteiger partial charge in [0.15, 0.2) is 0 Å². The van der Waals surface area contributed by atoms with Crippen LogP contribution in [0.4, 0.5) is 0 Å². The van der Waals surface area contributed by atoms with Crippen LogP contribution < -0.4 is 5.32 Å². The number of aliphatic hydroxyl groups excluding tert-OH is 1. The molecular formula is C53H108N2O6P+. The zero-order valence-electron chi connectivity index (χ0n) is 42.1. The highest BCUT2D eigenvalue weighted by atomic mass is 31.2. The van der Waals surface area contributed by atoms with E-state index in [-0.39, 0.29) is 19.1 Å². The first-order chi connectivity index (χ1) is 30.0. The molecular weight excluding hydrogens is 792 g/mol. The molecule has 3 unspecified atom stereocenters. The second-order valence-electron chi connectivity index (χ2n) is 20.0. The molecule has 8 nitrogen and oxygen atoms in total. The fourth-order valence-electron chi connectivity index (χ4n) is 8.22. The number of hydrogen-bond acceptors (Lipinski definition) is 5. The van der Waals surface area contributed by atoms with Crippen LogP contribution in [0.1, 0.15) is 271 Å². The summed E-state index contributed by atoms with van der Waals surface area (Å²) in [5.41, 5.74) is 0. The predicted molar refractivity (Wildman–Crippen MR) is 268 cm³/mol. The van der Waals surface area contributed by atoms with Crippen LogP contribution in [0, 0.1) is 0 Å². The van der Waals surface area contributed by atoms with Crippen LogP contribution in [0.2, 0.25) is 0 Å². The van der Waals surface area contributed by atoms with E-state index in [0.29, 0.717) is 17.4 Å². The van der Waals surface area contributed by atoms with Crippen molar-refractivity contribution in [3.05, 3.63) is 12.2 Å². The number of quaternary nitrogens is 1. The van der Waals surface area contributed by atoms with Crippen LogP contribution in [-0.2, 0) is 18.4 Å². The lowest BCUT2D eigenvalue weighted by Crippen LogP contribution is -2.45. The first kappa shape index (κ1) is 61.2. The summed E-state index contributed by atoms with van der Waals surface area (Å²) in [7, 11) is 1.59. The molecule has 0 bridgehead atoms. The molecule has 0 rings (SSSR count). The molecule has 0 saturated carbocycles. The molecule has 0 aromatic carbocycles. The van der Waals surface area contributed by atoms with Crippen molar-refractivity contribution in [2.24, 2.45) is 0 Å². The number of carbonyl (C=O) groups excluding carboxylic acids is 1. The topological polar surface area (TPSA) is 105 Å². The Morgan fingerprint density at radius 1 is 0.532 bits per heavy atom. The summed E-state index contributed by atoms with van der Waals surface area (Å²) in [6.45, 7) is 4.85. The second-order valence-corrected chi connectivity index (χ2v) is 21.4. The lowest BCUT2D eigenvalue weighted by molar-refractivity contribution is -0.870. The lowest BCUT2D eigenvalue weighted by atomic mass is 10.0. The molecule has 0 heterocycles.